The molecule has 4 nitrogen and oxygen atoms in total. The Morgan fingerprint density at radius 3 is 2.91 bits per heavy atom. The Morgan fingerprint density at radius 1 is 1.39 bits per heavy atom. The number of rotatable bonds is 7. The van der Waals surface area contributed by atoms with Crippen molar-refractivity contribution in [2.45, 2.75) is 39.2 Å². The predicted molar refractivity (Wildman–Crippen MR) is 92.0 cm³/mol. The van der Waals surface area contributed by atoms with E-state index in [1.165, 1.54) is 24.2 Å². The summed E-state index contributed by atoms with van der Waals surface area (Å²) >= 11 is 1.51. The highest BCUT2D eigenvalue weighted by Crippen LogP contribution is 2.41. The second-order valence-electron chi connectivity index (χ2n) is 6.33. The van der Waals surface area contributed by atoms with Gasteiger partial charge in [0.1, 0.15) is 10.6 Å². The molecule has 1 N–H and O–H groups in total. The molecule has 0 aliphatic heterocycles. The van der Waals surface area contributed by atoms with Gasteiger partial charge in [0.2, 0.25) is 0 Å². The fraction of sp³-hybridized carbons (Fsp3) is 0.444. The number of hydrogen-bond donors (Lipinski definition) is 1. The molecule has 3 rings (SSSR count). The molecule has 23 heavy (non-hydrogen) atoms. The molecular weight excluding hydrogens is 308 g/mol. The average Bonchev–Trinajstić information content (AvgIpc) is 3.28. The number of carbonyl (C=O) groups is 1. The number of hydrogen-bond acceptors (Lipinski definition) is 4. The number of ether oxygens (including phenoxy) is 1. The van der Waals surface area contributed by atoms with Gasteiger partial charge in [0.15, 0.2) is 0 Å². The van der Waals surface area contributed by atoms with E-state index in [1.807, 2.05) is 24.3 Å². The molecule has 0 radical (unpaired) electrons. The third-order valence-electron chi connectivity index (χ3n) is 3.66. The second kappa shape index (κ2) is 7.13. The first-order valence-corrected chi connectivity index (χ1v) is 8.89. The summed E-state index contributed by atoms with van der Waals surface area (Å²) < 4.78 is 5.82. The first kappa shape index (κ1) is 16.0. The van der Waals surface area contributed by atoms with E-state index in [9.17, 15) is 4.79 Å². The number of nitrogens with zero attached hydrogens (tertiary/aromatic N) is 1. The maximum Gasteiger partial charge on any atom is 0.263 e. The van der Waals surface area contributed by atoms with Crippen molar-refractivity contribution in [1.29, 1.82) is 0 Å². The van der Waals surface area contributed by atoms with Crippen molar-refractivity contribution in [3.8, 4) is 5.75 Å². The van der Waals surface area contributed by atoms with Gasteiger partial charge in [-0.3, -0.25) is 4.79 Å². The molecule has 1 aromatic carbocycles. The van der Waals surface area contributed by atoms with E-state index in [4.69, 9.17) is 4.74 Å². The quantitative estimate of drug-likeness (QED) is 0.835. The monoisotopic (exact) mass is 330 g/mol. The van der Waals surface area contributed by atoms with Crippen molar-refractivity contribution >= 4 is 17.2 Å². The highest BCUT2D eigenvalue weighted by atomic mass is 32.1. The number of para-hydroxylation sites is 1. The zero-order valence-corrected chi connectivity index (χ0v) is 14.4. The van der Waals surface area contributed by atoms with E-state index in [2.05, 4.69) is 24.1 Å². The van der Waals surface area contributed by atoms with Crippen LogP contribution in [0, 0.1) is 5.92 Å². The van der Waals surface area contributed by atoms with Crippen molar-refractivity contribution in [2.24, 2.45) is 5.92 Å². The van der Waals surface area contributed by atoms with Gasteiger partial charge < -0.3 is 10.1 Å². The third-order valence-corrected chi connectivity index (χ3v) is 4.82. The van der Waals surface area contributed by atoms with Crippen molar-refractivity contribution in [2.75, 3.05) is 6.61 Å². The molecule has 0 spiro atoms. The Hall–Kier alpha value is -1.88. The van der Waals surface area contributed by atoms with Crippen LogP contribution < -0.4 is 10.1 Å². The van der Waals surface area contributed by atoms with Crippen molar-refractivity contribution in [3.63, 3.8) is 0 Å². The van der Waals surface area contributed by atoms with Crippen LogP contribution in [0.3, 0.4) is 0 Å². The first-order chi connectivity index (χ1) is 11.1. The van der Waals surface area contributed by atoms with Crippen LogP contribution in [-0.2, 0) is 6.54 Å². The van der Waals surface area contributed by atoms with Crippen molar-refractivity contribution < 1.29 is 9.53 Å². The third kappa shape index (κ3) is 4.32. The summed E-state index contributed by atoms with van der Waals surface area (Å²) in [6, 6.07) is 7.84. The Bertz CT molecular complexity index is 677. The van der Waals surface area contributed by atoms with Crippen LogP contribution in [0.15, 0.2) is 30.5 Å². The first-order valence-electron chi connectivity index (χ1n) is 8.08. The molecule has 0 atom stereocenters. The van der Waals surface area contributed by atoms with E-state index in [-0.39, 0.29) is 5.91 Å². The van der Waals surface area contributed by atoms with Gasteiger partial charge in [0.25, 0.3) is 5.91 Å². The summed E-state index contributed by atoms with van der Waals surface area (Å²) in [5.41, 5.74) is 0.994. The van der Waals surface area contributed by atoms with Gasteiger partial charge in [-0.25, -0.2) is 4.98 Å². The van der Waals surface area contributed by atoms with Gasteiger partial charge in [0.05, 0.1) is 17.8 Å². The van der Waals surface area contributed by atoms with Crippen LogP contribution in [0.4, 0.5) is 0 Å². The number of amides is 1. The molecule has 122 valence electrons. The lowest BCUT2D eigenvalue weighted by Gasteiger charge is -2.13. The molecule has 0 unspecified atom stereocenters. The summed E-state index contributed by atoms with van der Waals surface area (Å²) in [7, 11) is 0. The van der Waals surface area contributed by atoms with E-state index >= 15 is 0 Å². The Morgan fingerprint density at radius 2 is 2.17 bits per heavy atom. The maximum absolute atomic E-state index is 12.3. The van der Waals surface area contributed by atoms with Crippen LogP contribution >= 0.6 is 11.3 Å². The predicted octanol–water partition coefficient (Wildman–Crippen LogP) is 3.99. The fourth-order valence-electron chi connectivity index (χ4n) is 2.22. The molecule has 1 aliphatic rings. The number of carbonyl (C=O) groups excluding carboxylic acids is 1. The molecule has 0 saturated heterocycles. The van der Waals surface area contributed by atoms with E-state index < -0.39 is 0 Å². The minimum Gasteiger partial charge on any atom is -0.493 e. The van der Waals surface area contributed by atoms with Crippen LogP contribution in [-0.4, -0.2) is 17.5 Å². The van der Waals surface area contributed by atoms with Crippen LogP contribution in [0.5, 0.6) is 5.75 Å². The maximum atomic E-state index is 12.3. The molecule has 2 aromatic rings. The van der Waals surface area contributed by atoms with Crippen molar-refractivity contribution in [3.05, 3.63) is 45.9 Å². The highest BCUT2D eigenvalue weighted by molar-refractivity contribution is 7.13. The van der Waals surface area contributed by atoms with Gasteiger partial charge in [0, 0.05) is 18.0 Å². The number of benzene rings is 1. The molecule has 1 heterocycles. The molecular formula is C18H22N2O2S. The molecule has 1 saturated carbocycles. The topological polar surface area (TPSA) is 51.2 Å². The number of nitrogens with one attached hydrogen (secondary N) is 1. The minimum absolute atomic E-state index is 0.0620. The van der Waals surface area contributed by atoms with Gasteiger partial charge in [-0.1, -0.05) is 32.0 Å². The Kier molecular flexibility index (Phi) is 4.96. The molecule has 5 heteroatoms. The van der Waals surface area contributed by atoms with Gasteiger partial charge in [-0.2, -0.15) is 0 Å². The van der Waals surface area contributed by atoms with Crippen molar-refractivity contribution in [1.82, 2.24) is 10.3 Å². The Balaban J connectivity index is 1.59. The van der Waals surface area contributed by atoms with Gasteiger partial charge in [-0.05, 0) is 24.8 Å². The van der Waals surface area contributed by atoms with Gasteiger partial charge in [-0.15, -0.1) is 11.3 Å². The minimum atomic E-state index is -0.0620. The lowest BCUT2D eigenvalue weighted by atomic mass is 10.2. The highest BCUT2D eigenvalue weighted by Gasteiger charge is 2.27. The molecule has 1 aromatic heterocycles. The smallest absolute Gasteiger partial charge is 0.263 e. The number of aromatic nitrogens is 1. The number of thiazole rings is 1. The fourth-order valence-corrected chi connectivity index (χ4v) is 3.22. The van der Waals surface area contributed by atoms with Crippen LogP contribution in [0.25, 0.3) is 0 Å². The molecule has 0 bridgehead atoms. The van der Waals surface area contributed by atoms with E-state index in [0.717, 1.165) is 16.3 Å². The lowest BCUT2D eigenvalue weighted by molar-refractivity contribution is 0.0954. The zero-order chi connectivity index (χ0) is 16.2. The van der Waals surface area contributed by atoms with E-state index in [0.29, 0.717) is 29.9 Å². The standard InChI is InChI=1S/C18H22N2O2S/c1-12(2)11-22-15-6-4-3-5-14(15)9-19-17(21)16-10-20-18(23-16)13-7-8-13/h3-6,10,12-13H,7-9,11H2,1-2H3,(H,19,21). The molecule has 1 aliphatic carbocycles. The van der Waals surface area contributed by atoms with E-state index in [1.54, 1.807) is 6.20 Å². The van der Waals surface area contributed by atoms with Crippen LogP contribution in [0.2, 0.25) is 0 Å². The largest absolute Gasteiger partial charge is 0.493 e. The summed E-state index contributed by atoms with van der Waals surface area (Å²) in [4.78, 5) is 17.3. The summed E-state index contributed by atoms with van der Waals surface area (Å²) in [6.45, 7) is 5.37. The van der Waals surface area contributed by atoms with Crippen LogP contribution in [0.1, 0.15) is 52.8 Å². The molecule has 1 amide bonds. The lowest BCUT2D eigenvalue weighted by Crippen LogP contribution is -2.22. The molecule has 1 fully saturated rings. The SMILES string of the molecule is CC(C)COc1ccccc1CNC(=O)c1cnc(C2CC2)s1. The second-order valence-corrected chi connectivity index (χ2v) is 7.39. The average molecular weight is 330 g/mol. The zero-order valence-electron chi connectivity index (χ0n) is 13.5. The van der Waals surface area contributed by atoms with Gasteiger partial charge >= 0.3 is 0 Å². The Labute approximate surface area is 140 Å². The summed E-state index contributed by atoms with van der Waals surface area (Å²) in [5.74, 6) is 1.83. The summed E-state index contributed by atoms with van der Waals surface area (Å²) in [6.07, 6.45) is 4.10. The summed E-state index contributed by atoms with van der Waals surface area (Å²) in [5, 5.41) is 4.06. The normalized spacial score (nSPS) is 14.0.